The van der Waals surface area contributed by atoms with Crippen LogP contribution in [0.1, 0.15) is 32.1 Å². The number of aliphatic carboxylic acids is 4. The third-order valence-electron chi connectivity index (χ3n) is 3.84. The Bertz CT molecular complexity index is 697. The Balaban J connectivity index is 4.65. The number of rotatable bonds is 16. The topological polar surface area (TPSA) is 251 Å². The van der Waals surface area contributed by atoms with Crippen LogP contribution in [0.3, 0.4) is 0 Å². The molecule has 0 radical (unpaired) electrons. The smallest absolute Gasteiger partial charge is 0.328 e. The summed E-state index contributed by atoms with van der Waals surface area (Å²) in [6, 6.07) is -2.81. The van der Waals surface area contributed by atoms with Crippen molar-refractivity contribution in [1.82, 2.24) is 5.32 Å². The molecule has 0 aromatic carbocycles. The van der Waals surface area contributed by atoms with Crippen molar-refractivity contribution in [2.45, 2.75) is 44.2 Å². The lowest BCUT2D eigenvalue weighted by molar-refractivity contribution is -0.142. The number of nitrogens with two attached hydrogens (primary N) is 1. The van der Waals surface area contributed by atoms with Crippen molar-refractivity contribution >= 4 is 37.4 Å². The van der Waals surface area contributed by atoms with Gasteiger partial charge >= 0.3 is 31.5 Å². The van der Waals surface area contributed by atoms with Crippen LogP contribution in [0.25, 0.3) is 0 Å². The van der Waals surface area contributed by atoms with Gasteiger partial charge in [0.1, 0.15) is 12.1 Å². The van der Waals surface area contributed by atoms with E-state index in [1.165, 1.54) is 0 Å². The third-order valence-corrected chi connectivity index (χ3v) is 5.33. The van der Waals surface area contributed by atoms with Crippen LogP contribution in [0.2, 0.25) is 0 Å². The second-order valence-corrected chi connectivity index (χ2v) is 8.25. The second kappa shape index (κ2) is 12.9. The van der Waals surface area contributed by atoms with Crippen LogP contribution in [-0.2, 0) is 33.1 Å². The number of hydrogen-bond acceptors (Lipinski definition) is 8. The van der Waals surface area contributed by atoms with E-state index in [4.69, 9.17) is 30.7 Å². The van der Waals surface area contributed by atoms with E-state index < -0.39 is 87.4 Å². The van der Waals surface area contributed by atoms with E-state index >= 15 is 0 Å². The molecule has 0 aliphatic carbocycles. The average Bonchev–Trinajstić information content (AvgIpc) is 2.61. The van der Waals surface area contributed by atoms with E-state index in [2.05, 4.69) is 5.32 Å². The highest BCUT2D eigenvalue weighted by atomic mass is 31.2. The molecular weight excluding hydrogens is 431 g/mol. The van der Waals surface area contributed by atoms with Gasteiger partial charge in [0.05, 0.1) is 18.7 Å². The molecule has 0 heterocycles. The monoisotopic (exact) mass is 456 g/mol. The summed E-state index contributed by atoms with van der Waals surface area (Å²) in [5.74, 6) is -7.82. The summed E-state index contributed by atoms with van der Waals surface area (Å²) in [6.07, 6.45) is -2.83. The molecule has 0 spiro atoms. The van der Waals surface area contributed by atoms with E-state index in [0.717, 1.165) is 0 Å². The molecule has 0 rings (SSSR count). The maximum absolute atomic E-state index is 12.0. The van der Waals surface area contributed by atoms with E-state index in [1.54, 1.807) is 0 Å². The summed E-state index contributed by atoms with van der Waals surface area (Å²) >= 11 is 0. The van der Waals surface area contributed by atoms with Gasteiger partial charge in [0.25, 0.3) is 0 Å². The van der Waals surface area contributed by atoms with Crippen LogP contribution >= 0.6 is 7.60 Å². The normalized spacial score (nSPS) is 15.9. The molecule has 0 fully saturated rings. The molecule has 0 bridgehead atoms. The van der Waals surface area contributed by atoms with Crippen molar-refractivity contribution in [3.63, 3.8) is 0 Å². The molecule has 0 aliphatic rings. The average molecular weight is 456 g/mol. The minimum Gasteiger partial charge on any atom is -0.481 e. The van der Waals surface area contributed by atoms with Crippen LogP contribution < -0.4 is 11.1 Å². The first-order chi connectivity index (χ1) is 13.7. The van der Waals surface area contributed by atoms with Crippen molar-refractivity contribution < 1.29 is 58.4 Å². The van der Waals surface area contributed by atoms with Crippen molar-refractivity contribution in [2.75, 3.05) is 12.8 Å². The molecule has 0 aromatic heterocycles. The number of carboxylic acid groups (broad SMARTS) is 4. The van der Waals surface area contributed by atoms with Crippen molar-refractivity contribution in [3.05, 3.63) is 0 Å². The molecule has 3 unspecified atom stereocenters. The first-order valence-corrected chi connectivity index (χ1v) is 10.4. The van der Waals surface area contributed by atoms with Gasteiger partial charge in [-0.15, -0.1) is 0 Å². The van der Waals surface area contributed by atoms with Gasteiger partial charge in [0, 0.05) is 19.3 Å². The van der Waals surface area contributed by atoms with Gasteiger partial charge in [-0.1, -0.05) is 0 Å². The summed E-state index contributed by atoms with van der Waals surface area (Å²) in [6.45, 7) is -0.620. The molecule has 14 nitrogen and oxygen atoms in total. The zero-order valence-corrected chi connectivity index (χ0v) is 16.7. The summed E-state index contributed by atoms with van der Waals surface area (Å²) in [7, 11) is -4.48. The second-order valence-electron chi connectivity index (χ2n) is 6.35. The van der Waals surface area contributed by atoms with E-state index in [9.17, 15) is 33.4 Å². The molecule has 8 N–H and O–H groups in total. The summed E-state index contributed by atoms with van der Waals surface area (Å²) < 4.78 is 16.7. The van der Waals surface area contributed by atoms with Crippen LogP contribution in [0.15, 0.2) is 0 Å². The standard InChI is InChI=1S/C15H25N2O12P/c16-9(14(23)24)2-3-11(18)17-10(15(25)26)5-6-29-30(27,28)7-8(13(21)22)1-4-12(19)20/h8-10H,1-7,16H2,(H,17,18)(H,19,20)(H,21,22)(H,23,24)(H,25,26)(H,27,28)/t8?,9?,10-/m0/s1. The van der Waals surface area contributed by atoms with Crippen LogP contribution in [0.4, 0.5) is 0 Å². The quantitative estimate of drug-likeness (QED) is 0.136. The molecule has 172 valence electrons. The van der Waals surface area contributed by atoms with Crippen LogP contribution in [0, 0.1) is 5.92 Å². The number of amides is 1. The van der Waals surface area contributed by atoms with Gasteiger partial charge in [-0.3, -0.25) is 23.7 Å². The number of nitrogens with one attached hydrogen (secondary N) is 1. The Morgan fingerprint density at radius 2 is 1.50 bits per heavy atom. The van der Waals surface area contributed by atoms with E-state index in [-0.39, 0.29) is 12.8 Å². The lowest BCUT2D eigenvalue weighted by Crippen LogP contribution is -2.42. The predicted octanol–water partition coefficient (Wildman–Crippen LogP) is -1.09. The van der Waals surface area contributed by atoms with Gasteiger partial charge < -0.3 is 40.9 Å². The zero-order chi connectivity index (χ0) is 23.5. The fourth-order valence-electron chi connectivity index (χ4n) is 2.17. The fraction of sp³-hybridized carbons (Fsp3) is 0.667. The molecule has 0 saturated carbocycles. The largest absolute Gasteiger partial charge is 0.481 e. The SMILES string of the molecule is NC(CCC(=O)N[C@@H](CCOP(=O)(O)CC(CCC(=O)O)C(=O)O)C(=O)O)C(=O)O. The summed E-state index contributed by atoms with van der Waals surface area (Å²) in [5.41, 5.74) is 5.23. The maximum atomic E-state index is 12.0. The first kappa shape index (κ1) is 27.5. The number of carbonyl (C=O) groups excluding carboxylic acids is 1. The Morgan fingerprint density at radius 1 is 0.900 bits per heavy atom. The van der Waals surface area contributed by atoms with Gasteiger partial charge in [-0.25, -0.2) is 4.79 Å². The first-order valence-electron chi connectivity index (χ1n) is 8.66. The lowest BCUT2D eigenvalue weighted by Gasteiger charge is -2.19. The van der Waals surface area contributed by atoms with Crippen LogP contribution in [-0.4, -0.2) is 80.0 Å². The lowest BCUT2D eigenvalue weighted by atomic mass is 10.1. The number of carboxylic acids is 4. The molecule has 0 aliphatic heterocycles. The van der Waals surface area contributed by atoms with Crippen molar-refractivity contribution in [3.8, 4) is 0 Å². The minimum atomic E-state index is -4.48. The Labute approximate surface area is 170 Å². The van der Waals surface area contributed by atoms with Crippen molar-refractivity contribution in [2.24, 2.45) is 11.7 Å². The van der Waals surface area contributed by atoms with E-state index in [0.29, 0.717) is 0 Å². The van der Waals surface area contributed by atoms with Crippen LogP contribution in [0.5, 0.6) is 0 Å². The highest BCUT2D eigenvalue weighted by Crippen LogP contribution is 2.44. The molecular formula is C15H25N2O12P. The fourth-order valence-corrected chi connectivity index (χ4v) is 3.56. The maximum Gasteiger partial charge on any atom is 0.328 e. The predicted molar refractivity (Wildman–Crippen MR) is 97.7 cm³/mol. The molecule has 15 heteroatoms. The zero-order valence-electron chi connectivity index (χ0n) is 15.8. The number of hydrogen-bond donors (Lipinski definition) is 7. The Morgan fingerprint density at radius 3 is 1.97 bits per heavy atom. The molecule has 0 saturated heterocycles. The van der Waals surface area contributed by atoms with Gasteiger partial charge in [0.15, 0.2) is 0 Å². The summed E-state index contributed by atoms with van der Waals surface area (Å²) in [5, 5.41) is 37.4. The molecule has 4 atom stereocenters. The minimum absolute atomic E-state index is 0.233. The Kier molecular flexibility index (Phi) is 11.8. The molecule has 0 aromatic rings. The highest BCUT2D eigenvalue weighted by molar-refractivity contribution is 7.52. The molecule has 1 amide bonds. The number of carbonyl (C=O) groups is 5. The highest BCUT2D eigenvalue weighted by Gasteiger charge is 2.31. The third kappa shape index (κ3) is 12.1. The van der Waals surface area contributed by atoms with Gasteiger partial charge in [-0.2, -0.15) is 0 Å². The van der Waals surface area contributed by atoms with Crippen molar-refractivity contribution in [1.29, 1.82) is 0 Å². The van der Waals surface area contributed by atoms with Gasteiger partial charge in [-0.05, 0) is 12.8 Å². The van der Waals surface area contributed by atoms with Gasteiger partial charge in [0.2, 0.25) is 5.91 Å². The Hall–Kier alpha value is -2.54. The molecule has 30 heavy (non-hydrogen) atoms. The van der Waals surface area contributed by atoms with E-state index in [1.807, 2.05) is 0 Å². The summed E-state index contributed by atoms with van der Waals surface area (Å²) in [4.78, 5) is 64.9.